The SMILES string of the molecule is CC(=O)NC(c1ccccc1)c1cn(-c2ccccc2)c2ccccc12. The van der Waals surface area contributed by atoms with Gasteiger partial charge in [-0.05, 0) is 23.8 Å². The van der Waals surface area contributed by atoms with Crippen LogP contribution in [0.4, 0.5) is 0 Å². The Morgan fingerprint density at radius 3 is 2.15 bits per heavy atom. The van der Waals surface area contributed by atoms with Gasteiger partial charge >= 0.3 is 0 Å². The largest absolute Gasteiger partial charge is 0.345 e. The Labute approximate surface area is 152 Å². The number of amides is 1. The van der Waals surface area contributed by atoms with E-state index in [1.165, 1.54) is 0 Å². The fraction of sp³-hybridized carbons (Fsp3) is 0.0870. The molecule has 1 aromatic heterocycles. The summed E-state index contributed by atoms with van der Waals surface area (Å²) in [5, 5.41) is 4.26. The summed E-state index contributed by atoms with van der Waals surface area (Å²) in [6.45, 7) is 1.56. The standard InChI is InChI=1S/C23H20N2O/c1-17(26)24-23(18-10-4-2-5-11-18)21-16-25(19-12-6-3-7-13-19)22-15-9-8-14-20(21)22/h2-16,23H,1H3,(H,24,26). The molecule has 0 aliphatic heterocycles. The van der Waals surface area contributed by atoms with E-state index in [2.05, 4.69) is 52.5 Å². The van der Waals surface area contributed by atoms with Gasteiger partial charge in [0.05, 0.1) is 11.6 Å². The van der Waals surface area contributed by atoms with Crippen LogP contribution in [0.15, 0.2) is 91.1 Å². The number of aromatic nitrogens is 1. The molecule has 1 N–H and O–H groups in total. The topological polar surface area (TPSA) is 34.0 Å². The minimum atomic E-state index is -0.191. The van der Waals surface area contributed by atoms with E-state index in [-0.39, 0.29) is 11.9 Å². The lowest BCUT2D eigenvalue weighted by Crippen LogP contribution is -2.26. The second-order valence-electron chi connectivity index (χ2n) is 6.35. The number of para-hydroxylation sites is 2. The van der Waals surface area contributed by atoms with E-state index in [1.54, 1.807) is 6.92 Å². The molecule has 1 atom stereocenters. The van der Waals surface area contributed by atoms with Crippen LogP contribution in [0.5, 0.6) is 0 Å². The van der Waals surface area contributed by atoms with Crippen LogP contribution in [0.2, 0.25) is 0 Å². The average molecular weight is 340 g/mol. The van der Waals surface area contributed by atoms with Crippen molar-refractivity contribution < 1.29 is 4.79 Å². The average Bonchev–Trinajstić information content (AvgIpc) is 3.07. The normalized spacial score (nSPS) is 12.0. The Bertz CT molecular complexity index is 1040. The number of hydrogen-bond donors (Lipinski definition) is 1. The molecule has 3 heteroatoms. The van der Waals surface area contributed by atoms with Crippen LogP contribution in [0.25, 0.3) is 16.6 Å². The number of fused-ring (bicyclic) bond motifs is 1. The maximum Gasteiger partial charge on any atom is 0.217 e. The fourth-order valence-electron chi connectivity index (χ4n) is 3.43. The van der Waals surface area contributed by atoms with Gasteiger partial charge in [-0.25, -0.2) is 0 Å². The van der Waals surface area contributed by atoms with E-state index >= 15 is 0 Å². The van der Waals surface area contributed by atoms with E-state index < -0.39 is 0 Å². The molecule has 0 radical (unpaired) electrons. The zero-order valence-corrected chi connectivity index (χ0v) is 14.6. The summed E-state index contributed by atoms with van der Waals surface area (Å²) in [5.41, 5.74) is 4.38. The molecule has 26 heavy (non-hydrogen) atoms. The molecular weight excluding hydrogens is 320 g/mol. The van der Waals surface area contributed by atoms with Gasteiger partial charge in [-0.2, -0.15) is 0 Å². The number of carbonyl (C=O) groups is 1. The molecule has 0 spiro atoms. The van der Waals surface area contributed by atoms with E-state index in [9.17, 15) is 4.79 Å². The lowest BCUT2D eigenvalue weighted by Gasteiger charge is -2.18. The van der Waals surface area contributed by atoms with Gasteiger partial charge in [0.15, 0.2) is 0 Å². The minimum absolute atomic E-state index is 0.0459. The van der Waals surface area contributed by atoms with Gasteiger partial charge in [0.1, 0.15) is 0 Å². The van der Waals surface area contributed by atoms with Crippen molar-refractivity contribution in [3.8, 4) is 5.69 Å². The highest BCUT2D eigenvalue weighted by molar-refractivity contribution is 5.87. The summed E-state index contributed by atoms with van der Waals surface area (Å²) in [5.74, 6) is -0.0459. The second kappa shape index (κ2) is 6.89. The van der Waals surface area contributed by atoms with Crippen molar-refractivity contribution in [1.82, 2.24) is 9.88 Å². The van der Waals surface area contributed by atoms with Crippen LogP contribution in [0.3, 0.4) is 0 Å². The summed E-state index contributed by atoms with van der Waals surface area (Å²) < 4.78 is 2.18. The van der Waals surface area contributed by atoms with Crippen molar-refractivity contribution in [2.75, 3.05) is 0 Å². The smallest absolute Gasteiger partial charge is 0.217 e. The summed E-state index contributed by atoms with van der Waals surface area (Å²) in [7, 11) is 0. The molecule has 128 valence electrons. The summed E-state index contributed by atoms with van der Waals surface area (Å²) in [4.78, 5) is 11.9. The number of rotatable bonds is 4. The van der Waals surface area contributed by atoms with Crippen molar-refractivity contribution in [2.45, 2.75) is 13.0 Å². The molecule has 3 nitrogen and oxygen atoms in total. The number of carbonyl (C=O) groups excluding carboxylic acids is 1. The molecular formula is C23H20N2O. The van der Waals surface area contributed by atoms with Crippen molar-refractivity contribution in [3.63, 3.8) is 0 Å². The molecule has 1 unspecified atom stereocenters. The molecule has 0 aliphatic rings. The molecule has 0 aliphatic carbocycles. The number of benzene rings is 3. The van der Waals surface area contributed by atoms with Crippen LogP contribution in [0, 0.1) is 0 Å². The highest BCUT2D eigenvalue weighted by atomic mass is 16.1. The molecule has 1 heterocycles. The Kier molecular flexibility index (Phi) is 4.28. The third-order valence-corrected chi connectivity index (χ3v) is 4.57. The number of hydrogen-bond acceptors (Lipinski definition) is 1. The van der Waals surface area contributed by atoms with Crippen molar-refractivity contribution in [1.29, 1.82) is 0 Å². The summed E-state index contributed by atoms with van der Waals surface area (Å²) in [6.07, 6.45) is 2.13. The van der Waals surface area contributed by atoms with E-state index in [0.29, 0.717) is 0 Å². The van der Waals surface area contributed by atoms with Crippen molar-refractivity contribution >= 4 is 16.8 Å². The molecule has 4 rings (SSSR count). The van der Waals surface area contributed by atoms with Crippen LogP contribution in [-0.2, 0) is 4.79 Å². The first kappa shape index (κ1) is 16.2. The predicted octanol–water partition coefficient (Wildman–Crippen LogP) is 4.86. The van der Waals surface area contributed by atoms with Gasteiger partial charge in [-0.3, -0.25) is 4.79 Å². The van der Waals surface area contributed by atoms with Gasteiger partial charge in [0.2, 0.25) is 5.91 Å². The van der Waals surface area contributed by atoms with Crippen molar-refractivity contribution in [3.05, 3.63) is 102 Å². The van der Waals surface area contributed by atoms with Gasteiger partial charge in [0, 0.05) is 29.8 Å². The highest BCUT2D eigenvalue weighted by Gasteiger charge is 2.20. The quantitative estimate of drug-likeness (QED) is 0.566. The van der Waals surface area contributed by atoms with E-state index in [1.807, 2.05) is 48.5 Å². The van der Waals surface area contributed by atoms with Gasteiger partial charge in [0.25, 0.3) is 0 Å². The summed E-state index contributed by atoms with van der Waals surface area (Å²) >= 11 is 0. The van der Waals surface area contributed by atoms with E-state index in [4.69, 9.17) is 0 Å². The summed E-state index contributed by atoms with van der Waals surface area (Å²) in [6, 6.07) is 28.5. The zero-order valence-electron chi connectivity index (χ0n) is 14.6. The predicted molar refractivity (Wildman–Crippen MR) is 105 cm³/mol. The minimum Gasteiger partial charge on any atom is -0.345 e. The molecule has 3 aromatic carbocycles. The van der Waals surface area contributed by atoms with Gasteiger partial charge in [-0.1, -0.05) is 66.7 Å². The first-order valence-corrected chi connectivity index (χ1v) is 8.71. The van der Waals surface area contributed by atoms with Crippen LogP contribution in [-0.4, -0.2) is 10.5 Å². The lowest BCUT2D eigenvalue weighted by molar-refractivity contribution is -0.119. The maximum atomic E-state index is 11.9. The number of nitrogens with zero attached hydrogens (tertiary/aromatic N) is 1. The molecule has 1 amide bonds. The lowest BCUT2D eigenvalue weighted by atomic mass is 9.98. The Hall–Kier alpha value is -3.33. The second-order valence-corrected chi connectivity index (χ2v) is 6.35. The highest BCUT2D eigenvalue weighted by Crippen LogP contribution is 2.32. The Balaban J connectivity index is 1.93. The van der Waals surface area contributed by atoms with Crippen LogP contribution < -0.4 is 5.32 Å². The van der Waals surface area contributed by atoms with Crippen molar-refractivity contribution in [2.24, 2.45) is 0 Å². The van der Waals surface area contributed by atoms with E-state index in [0.717, 1.165) is 27.7 Å². The Morgan fingerprint density at radius 1 is 0.846 bits per heavy atom. The van der Waals surface area contributed by atoms with Gasteiger partial charge in [-0.15, -0.1) is 0 Å². The zero-order chi connectivity index (χ0) is 17.9. The van der Waals surface area contributed by atoms with Crippen LogP contribution in [0.1, 0.15) is 24.1 Å². The first-order valence-electron chi connectivity index (χ1n) is 8.71. The first-order chi connectivity index (χ1) is 12.7. The maximum absolute atomic E-state index is 11.9. The molecule has 0 fully saturated rings. The molecule has 0 saturated carbocycles. The molecule has 0 bridgehead atoms. The third kappa shape index (κ3) is 3.00. The molecule has 4 aromatic rings. The van der Waals surface area contributed by atoms with Crippen LogP contribution >= 0.6 is 0 Å². The molecule has 0 saturated heterocycles. The fourth-order valence-corrected chi connectivity index (χ4v) is 3.43. The number of nitrogens with one attached hydrogen (secondary N) is 1. The van der Waals surface area contributed by atoms with Gasteiger partial charge < -0.3 is 9.88 Å². The Morgan fingerprint density at radius 2 is 1.46 bits per heavy atom. The monoisotopic (exact) mass is 340 g/mol. The third-order valence-electron chi connectivity index (χ3n) is 4.57.